The standard InChI is InChI=1S/C13H22N2/c1-5-11(6-2)14-12-8-7-9-13(10-12)15(3)4/h7-11,14H,5-6H2,1-4H3. The van der Waals surface area contributed by atoms with E-state index in [2.05, 4.69) is 62.4 Å². The number of nitrogens with zero attached hydrogens (tertiary/aromatic N) is 1. The highest BCUT2D eigenvalue weighted by molar-refractivity contribution is 5.57. The molecule has 0 spiro atoms. The van der Waals surface area contributed by atoms with E-state index in [-0.39, 0.29) is 0 Å². The third-order valence-corrected chi connectivity index (χ3v) is 2.72. The van der Waals surface area contributed by atoms with Gasteiger partial charge in [0.05, 0.1) is 0 Å². The summed E-state index contributed by atoms with van der Waals surface area (Å²) in [4.78, 5) is 2.12. The summed E-state index contributed by atoms with van der Waals surface area (Å²) < 4.78 is 0. The maximum atomic E-state index is 3.55. The Morgan fingerprint density at radius 2 is 1.87 bits per heavy atom. The lowest BCUT2D eigenvalue weighted by molar-refractivity contribution is 0.672. The molecule has 1 aromatic carbocycles. The van der Waals surface area contributed by atoms with Gasteiger partial charge in [0.15, 0.2) is 0 Å². The molecule has 0 heterocycles. The zero-order valence-corrected chi connectivity index (χ0v) is 10.2. The fourth-order valence-corrected chi connectivity index (χ4v) is 1.60. The zero-order valence-electron chi connectivity index (χ0n) is 10.2. The molecule has 15 heavy (non-hydrogen) atoms. The lowest BCUT2D eigenvalue weighted by Gasteiger charge is -2.18. The van der Waals surface area contributed by atoms with Crippen LogP contribution in [0.2, 0.25) is 0 Å². The van der Waals surface area contributed by atoms with Gasteiger partial charge in [0.1, 0.15) is 0 Å². The highest BCUT2D eigenvalue weighted by Crippen LogP contribution is 2.19. The van der Waals surface area contributed by atoms with E-state index in [1.807, 2.05) is 0 Å². The third-order valence-electron chi connectivity index (χ3n) is 2.72. The van der Waals surface area contributed by atoms with Crippen molar-refractivity contribution in [1.29, 1.82) is 0 Å². The first-order chi connectivity index (χ1) is 7.17. The van der Waals surface area contributed by atoms with Crippen molar-refractivity contribution in [2.75, 3.05) is 24.3 Å². The number of rotatable bonds is 5. The van der Waals surface area contributed by atoms with Gasteiger partial charge in [-0.05, 0) is 31.0 Å². The number of anilines is 2. The summed E-state index contributed by atoms with van der Waals surface area (Å²) in [6, 6.07) is 9.13. The fraction of sp³-hybridized carbons (Fsp3) is 0.538. The van der Waals surface area contributed by atoms with E-state index >= 15 is 0 Å². The Morgan fingerprint density at radius 3 is 2.40 bits per heavy atom. The SMILES string of the molecule is CCC(CC)Nc1cccc(N(C)C)c1. The van der Waals surface area contributed by atoms with Gasteiger partial charge in [0.25, 0.3) is 0 Å². The topological polar surface area (TPSA) is 15.3 Å². The van der Waals surface area contributed by atoms with Gasteiger partial charge in [-0.15, -0.1) is 0 Å². The molecule has 0 bridgehead atoms. The maximum absolute atomic E-state index is 3.55. The van der Waals surface area contributed by atoms with Gasteiger partial charge in [0.2, 0.25) is 0 Å². The first kappa shape index (κ1) is 11.9. The molecule has 0 radical (unpaired) electrons. The predicted molar refractivity (Wildman–Crippen MR) is 68.8 cm³/mol. The molecule has 0 saturated carbocycles. The molecule has 1 N–H and O–H groups in total. The van der Waals surface area contributed by atoms with Crippen LogP contribution in [-0.2, 0) is 0 Å². The van der Waals surface area contributed by atoms with Crippen LogP contribution in [0.1, 0.15) is 26.7 Å². The van der Waals surface area contributed by atoms with E-state index in [1.165, 1.54) is 24.2 Å². The molecule has 0 unspecified atom stereocenters. The van der Waals surface area contributed by atoms with E-state index in [0.717, 1.165) is 0 Å². The van der Waals surface area contributed by atoms with E-state index < -0.39 is 0 Å². The van der Waals surface area contributed by atoms with Crippen molar-refractivity contribution in [2.45, 2.75) is 32.7 Å². The van der Waals surface area contributed by atoms with Crippen LogP contribution in [0.15, 0.2) is 24.3 Å². The first-order valence-corrected chi connectivity index (χ1v) is 5.71. The van der Waals surface area contributed by atoms with Crippen LogP contribution < -0.4 is 10.2 Å². The van der Waals surface area contributed by atoms with Crippen molar-refractivity contribution in [1.82, 2.24) is 0 Å². The van der Waals surface area contributed by atoms with Gasteiger partial charge in [-0.25, -0.2) is 0 Å². The molecule has 0 saturated heterocycles. The number of hydrogen-bond acceptors (Lipinski definition) is 2. The van der Waals surface area contributed by atoms with Crippen LogP contribution in [0.3, 0.4) is 0 Å². The lowest BCUT2D eigenvalue weighted by Crippen LogP contribution is -2.17. The zero-order chi connectivity index (χ0) is 11.3. The van der Waals surface area contributed by atoms with Gasteiger partial charge in [-0.2, -0.15) is 0 Å². The summed E-state index contributed by atoms with van der Waals surface area (Å²) in [5.41, 5.74) is 2.46. The van der Waals surface area contributed by atoms with Crippen molar-refractivity contribution in [2.24, 2.45) is 0 Å². The number of hydrogen-bond donors (Lipinski definition) is 1. The third kappa shape index (κ3) is 3.46. The van der Waals surface area contributed by atoms with E-state index in [4.69, 9.17) is 0 Å². The van der Waals surface area contributed by atoms with Crippen molar-refractivity contribution in [3.8, 4) is 0 Å². The van der Waals surface area contributed by atoms with Crippen molar-refractivity contribution < 1.29 is 0 Å². The van der Waals surface area contributed by atoms with Crippen molar-refractivity contribution >= 4 is 11.4 Å². The van der Waals surface area contributed by atoms with Gasteiger partial charge < -0.3 is 10.2 Å². The highest BCUT2D eigenvalue weighted by atomic mass is 15.1. The second-order valence-electron chi connectivity index (χ2n) is 4.10. The Bertz CT molecular complexity index is 290. The van der Waals surface area contributed by atoms with E-state index in [1.54, 1.807) is 0 Å². The molecule has 0 aliphatic carbocycles. The van der Waals surface area contributed by atoms with Crippen LogP contribution in [-0.4, -0.2) is 20.1 Å². The molecule has 0 amide bonds. The molecule has 0 fully saturated rings. The number of benzene rings is 1. The van der Waals surface area contributed by atoms with Crippen LogP contribution in [0.25, 0.3) is 0 Å². The van der Waals surface area contributed by atoms with Crippen LogP contribution in [0.4, 0.5) is 11.4 Å². The summed E-state index contributed by atoms with van der Waals surface area (Å²) in [5, 5.41) is 3.55. The normalized spacial score (nSPS) is 10.5. The summed E-state index contributed by atoms with van der Waals surface area (Å²) >= 11 is 0. The molecule has 2 heteroatoms. The van der Waals surface area contributed by atoms with Gasteiger partial charge in [-0.1, -0.05) is 19.9 Å². The number of nitrogens with one attached hydrogen (secondary N) is 1. The second kappa shape index (κ2) is 5.64. The summed E-state index contributed by atoms with van der Waals surface area (Å²) in [7, 11) is 4.13. The average molecular weight is 206 g/mol. The molecule has 1 aromatic rings. The van der Waals surface area contributed by atoms with Gasteiger partial charge in [-0.3, -0.25) is 0 Å². The molecule has 1 rings (SSSR count). The minimum Gasteiger partial charge on any atom is -0.382 e. The second-order valence-corrected chi connectivity index (χ2v) is 4.10. The van der Waals surface area contributed by atoms with Crippen molar-refractivity contribution in [3.05, 3.63) is 24.3 Å². The first-order valence-electron chi connectivity index (χ1n) is 5.71. The molecule has 2 nitrogen and oxygen atoms in total. The molecule has 84 valence electrons. The molecule has 0 atom stereocenters. The van der Waals surface area contributed by atoms with Crippen LogP contribution in [0.5, 0.6) is 0 Å². The molecular weight excluding hydrogens is 184 g/mol. The minimum atomic E-state index is 0.586. The Morgan fingerprint density at radius 1 is 1.20 bits per heavy atom. The van der Waals surface area contributed by atoms with Gasteiger partial charge in [0, 0.05) is 31.5 Å². The molecular formula is C13H22N2. The lowest BCUT2D eigenvalue weighted by atomic mass is 10.1. The van der Waals surface area contributed by atoms with E-state index in [0.29, 0.717) is 6.04 Å². The Balaban J connectivity index is 2.72. The minimum absolute atomic E-state index is 0.586. The quantitative estimate of drug-likeness (QED) is 0.794. The van der Waals surface area contributed by atoms with Gasteiger partial charge >= 0.3 is 0 Å². The predicted octanol–water partition coefficient (Wildman–Crippen LogP) is 3.35. The largest absolute Gasteiger partial charge is 0.382 e. The Kier molecular flexibility index (Phi) is 4.47. The molecule has 0 aliphatic heterocycles. The van der Waals surface area contributed by atoms with Crippen molar-refractivity contribution in [3.63, 3.8) is 0 Å². The fourth-order valence-electron chi connectivity index (χ4n) is 1.60. The van der Waals surface area contributed by atoms with E-state index in [9.17, 15) is 0 Å². The summed E-state index contributed by atoms with van der Waals surface area (Å²) in [6.45, 7) is 4.44. The summed E-state index contributed by atoms with van der Waals surface area (Å²) in [6.07, 6.45) is 2.34. The summed E-state index contributed by atoms with van der Waals surface area (Å²) in [5.74, 6) is 0. The Labute approximate surface area is 93.3 Å². The van der Waals surface area contributed by atoms with Crippen LogP contribution in [0, 0.1) is 0 Å². The monoisotopic (exact) mass is 206 g/mol. The molecule has 0 aromatic heterocycles. The maximum Gasteiger partial charge on any atom is 0.0381 e. The van der Waals surface area contributed by atoms with Crippen LogP contribution >= 0.6 is 0 Å². The average Bonchev–Trinajstić information content (AvgIpc) is 2.26. The molecule has 0 aliphatic rings. The smallest absolute Gasteiger partial charge is 0.0381 e. The highest BCUT2D eigenvalue weighted by Gasteiger charge is 2.03. The Hall–Kier alpha value is -1.18.